The van der Waals surface area contributed by atoms with Gasteiger partial charge in [0.05, 0.1) is 6.61 Å². The number of unbranched alkanes of at least 4 members (excludes halogenated alkanes) is 21. The summed E-state index contributed by atoms with van der Waals surface area (Å²) in [5, 5.41) is 0. The molecule has 0 amide bonds. The van der Waals surface area contributed by atoms with Crippen molar-refractivity contribution in [2.24, 2.45) is 0 Å². The van der Waals surface area contributed by atoms with Gasteiger partial charge in [-0.3, -0.25) is 9.59 Å². The molecule has 5 nitrogen and oxygen atoms in total. The lowest BCUT2D eigenvalue weighted by Crippen LogP contribution is -2.30. The molecule has 0 fully saturated rings. The van der Waals surface area contributed by atoms with Crippen LogP contribution in [0, 0.1) is 0 Å². The minimum absolute atomic E-state index is 0.0595. The molecule has 0 saturated heterocycles. The van der Waals surface area contributed by atoms with Crippen LogP contribution in [0.2, 0.25) is 0 Å². The van der Waals surface area contributed by atoms with Crippen LogP contribution in [-0.4, -0.2) is 37.9 Å². The topological polar surface area (TPSA) is 61.8 Å². The lowest BCUT2D eigenvalue weighted by atomic mass is 10.0. The van der Waals surface area contributed by atoms with Crippen molar-refractivity contribution in [1.82, 2.24) is 0 Å². The number of hydrogen-bond donors (Lipinski definition) is 0. The van der Waals surface area contributed by atoms with Crippen LogP contribution < -0.4 is 0 Å². The third-order valence-corrected chi connectivity index (χ3v) is 11.1. The van der Waals surface area contributed by atoms with Crippen molar-refractivity contribution in [2.45, 2.75) is 245 Å². The van der Waals surface area contributed by atoms with Gasteiger partial charge in [-0.1, -0.05) is 227 Å². The second-order valence-corrected chi connectivity index (χ2v) is 17.4. The summed E-state index contributed by atoms with van der Waals surface area (Å²) in [5.41, 5.74) is 0. The lowest BCUT2D eigenvalue weighted by molar-refractivity contribution is -0.163. The fraction of sp³-hybridized carbons (Fsp3) is 0.695. The fourth-order valence-electron chi connectivity index (χ4n) is 7.20. The van der Waals surface area contributed by atoms with Crippen molar-refractivity contribution in [3.63, 3.8) is 0 Å². The monoisotopic (exact) mass is 889 g/mol. The molecule has 0 N–H and O–H groups in total. The summed E-state index contributed by atoms with van der Waals surface area (Å²) in [7, 11) is 0. The van der Waals surface area contributed by atoms with Crippen molar-refractivity contribution in [1.29, 1.82) is 0 Å². The van der Waals surface area contributed by atoms with Crippen LogP contribution in [0.5, 0.6) is 0 Å². The highest BCUT2D eigenvalue weighted by atomic mass is 16.6. The van der Waals surface area contributed by atoms with Gasteiger partial charge in [-0.05, 0) is 96.3 Å². The molecule has 64 heavy (non-hydrogen) atoms. The molecule has 0 saturated carbocycles. The van der Waals surface area contributed by atoms with Gasteiger partial charge in [0.25, 0.3) is 0 Å². The van der Waals surface area contributed by atoms with Crippen LogP contribution in [0.25, 0.3) is 0 Å². The summed E-state index contributed by atoms with van der Waals surface area (Å²) >= 11 is 0. The zero-order valence-electron chi connectivity index (χ0n) is 42.0. The van der Waals surface area contributed by atoms with Crippen LogP contribution in [0.15, 0.2) is 97.2 Å². The molecule has 0 radical (unpaired) electrons. The standard InChI is InChI=1S/C59H100O5/c1-4-7-10-13-16-19-22-25-28-30-32-34-37-40-43-46-49-52-58(60)63-56-57(55-62-54-51-48-45-42-39-36-27-24-21-18-15-12-9-6-3)64-59(61)53-50-47-44-41-38-35-33-31-29-26-23-20-17-14-11-8-5-2/h7-8,10-11,16-17,19-20,25-26,28-29,32-35,57H,4-6,9,12-15,18,21-24,27,30-31,36-56H2,1-3H3/b10-7-,11-8-,19-16-,20-17-,28-25-,29-26-,34-32-,35-33-. The first-order chi connectivity index (χ1) is 31.6. The number of ether oxygens (including phenoxy) is 3. The van der Waals surface area contributed by atoms with Crippen LogP contribution in [0.1, 0.15) is 239 Å². The van der Waals surface area contributed by atoms with E-state index in [1.165, 1.54) is 77.0 Å². The second-order valence-electron chi connectivity index (χ2n) is 17.4. The normalized spacial score (nSPS) is 13.0. The van der Waals surface area contributed by atoms with Crippen molar-refractivity contribution in [3.8, 4) is 0 Å². The first-order valence-electron chi connectivity index (χ1n) is 26.8. The smallest absolute Gasteiger partial charge is 0.306 e. The van der Waals surface area contributed by atoms with Crippen molar-refractivity contribution in [3.05, 3.63) is 97.2 Å². The molecular formula is C59H100O5. The zero-order chi connectivity index (χ0) is 46.3. The van der Waals surface area contributed by atoms with Gasteiger partial charge in [0.1, 0.15) is 6.61 Å². The molecule has 0 bridgehead atoms. The van der Waals surface area contributed by atoms with Crippen molar-refractivity contribution in [2.75, 3.05) is 19.8 Å². The Morgan fingerprint density at radius 2 is 0.703 bits per heavy atom. The first-order valence-corrected chi connectivity index (χ1v) is 26.8. The Morgan fingerprint density at radius 3 is 1.12 bits per heavy atom. The Labute approximate surface area is 396 Å². The summed E-state index contributed by atoms with van der Waals surface area (Å²) in [6.07, 6.45) is 72.7. The summed E-state index contributed by atoms with van der Waals surface area (Å²) in [5.74, 6) is -0.450. The van der Waals surface area contributed by atoms with E-state index in [0.717, 1.165) is 128 Å². The molecule has 366 valence electrons. The Hall–Kier alpha value is -3.18. The van der Waals surface area contributed by atoms with E-state index in [4.69, 9.17) is 14.2 Å². The molecule has 0 aliphatic heterocycles. The number of allylic oxidation sites excluding steroid dienone is 16. The van der Waals surface area contributed by atoms with Crippen molar-refractivity contribution >= 4 is 11.9 Å². The predicted octanol–water partition coefficient (Wildman–Crippen LogP) is 18.2. The Bertz CT molecular complexity index is 1230. The van der Waals surface area contributed by atoms with Gasteiger partial charge in [0.2, 0.25) is 0 Å². The highest BCUT2D eigenvalue weighted by molar-refractivity contribution is 5.70. The van der Waals surface area contributed by atoms with Crippen molar-refractivity contribution < 1.29 is 23.8 Å². The number of hydrogen-bond acceptors (Lipinski definition) is 5. The maximum absolute atomic E-state index is 12.8. The van der Waals surface area contributed by atoms with Crippen LogP contribution in [-0.2, 0) is 23.8 Å². The van der Waals surface area contributed by atoms with E-state index in [1.807, 2.05) is 0 Å². The average molecular weight is 889 g/mol. The number of esters is 2. The molecule has 0 aromatic rings. The predicted molar refractivity (Wildman–Crippen MR) is 279 cm³/mol. The number of carbonyl (C=O) groups is 2. The third-order valence-electron chi connectivity index (χ3n) is 11.1. The maximum atomic E-state index is 12.8. The van der Waals surface area contributed by atoms with E-state index in [-0.39, 0.29) is 25.2 Å². The lowest BCUT2D eigenvalue weighted by Gasteiger charge is -2.18. The molecule has 0 aromatic carbocycles. The highest BCUT2D eigenvalue weighted by Gasteiger charge is 2.17. The van der Waals surface area contributed by atoms with E-state index in [0.29, 0.717) is 19.4 Å². The minimum atomic E-state index is -0.563. The molecule has 5 heteroatoms. The SMILES string of the molecule is CC/C=C\C/C=C\C/C=C\C/C=C\CCCCCCC(=O)OCC(COCCCCCCCCCCCCCCCC)OC(=O)CCCCCC/C=C\C/C=C\C/C=C\C/C=C\CC. The van der Waals surface area contributed by atoms with Gasteiger partial charge in [0, 0.05) is 19.4 Å². The Balaban J connectivity index is 4.37. The molecule has 0 aliphatic rings. The second kappa shape index (κ2) is 54.2. The number of rotatable bonds is 48. The Morgan fingerprint density at radius 1 is 0.359 bits per heavy atom. The highest BCUT2D eigenvalue weighted by Crippen LogP contribution is 2.14. The third kappa shape index (κ3) is 51.5. The Kier molecular flexibility index (Phi) is 51.5. The molecule has 1 unspecified atom stereocenters. The molecule has 0 rings (SSSR count). The van der Waals surface area contributed by atoms with Gasteiger partial charge in [-0.2, -0.15) is 0 Å². The van der Waals surface area contributed by atoms with Crippen LogP contribution in [0.3, 0.4) is 0 Å². The van der Waals surface area contributed by atoms with Crippen LogP contribution >= 0.6 is 0 Å². The fourth-order valence-corrected chi connectivity index (χ4v) is 7.20. The summed E-state index contributed by atoms with van der Waals surface area (Å²) in [4.78, 5) is 25.4. The van der Waals surface area contributed by atoms with Crippen LogP contribution in [0.4, 0.5) is 0 Å². The van der Waals surface area contributed by atoms with Gasteiger partial charge in [-0.25, -0.2) is 0 Å². The molecule has 0 spiro atoms. The van der Waals surface area contributed by atoms with Gasteiger partial charge < -0.3 is 14.2 Å². The van der Waals surface area contributed by atoms with Gasteiger partial charge in [-0.15, -0.1) is 0 Å². The minimum Gasteiger partial charge on any atom is -0.462 e. The van der Waals surface area contributed by atoms with E-state index in [9.17, 15) is 9.59 Å². The summed E-state index contributed by atoms with van der Waals surface area (Å²) in [6, 6.07) is 0. The molecule has 0 aliphatic carbocycles. The van der Waals surface area contributed by atoms with E-state index in [2.05, 4.69) is 118 Å². The first kappa shape index (κ1) is 60.8. The molecule has 0 heterocycles. The molecule has 1 atom stereocenters. The summed E-state index contributed by atoms with van der Waals surface area (Å²) < 4.78 is 17.4. The molecular weight excluding hydrogens is 789 g/mol. The zero-order valence-corrected chi connectivity index (χ0v) is 42.0. The quantitative estimate of drug-likeness (QED) is 0.0346. The van der Waals surface area contributed by atoms with Gasteiger partial charge >= 0.3 is 11.9 Å². The van der Waals surface area contributed by atoms with E-state index in [1.54, 1.807) is 0 Å². The maximum Gasteiger partial charge on any atom is 0.306 e. The van der Waals surface area contributed by atoms with Gasteiger partial charge in [0.15, 0.2) is 6.10 Å². The number of carbonyl (C=O) groups excluding carboxylic acids is 2. The average Bonchev–Trinajstić information content (AvgIpc) is 3.30. The molecule has 0 aromatic heterocycles. The van der Waals surface area contributed by atoms with E-state index >= 15 is 0 Å². The summed E-state index contributed by atoms with van der Waals surface area (Å²) in [6.45, 7) is 7.56. The van der Waals surface area contributed by atoms with E-state index < -0.39 is 6.10 Å². The largest absolute Gasteiger partial charge is 0.462 e.